The van der Waals surface area contributed by atoms with Crippen LogP contribution in [0.15, 0.2) is 54.2 Å². The zero-order valence-corrected chi connectivity index (χ0v) is 12.6. The molecule has 0 unspecified atom stereocenters. The Hall–Kier alpha value is -1.80. The highest BCUT2D eigenvalue weighted by atomic mass is 28.3. The maximum absolute atomic E-state index is 6.00. The summed E-state index contributed by atoms with van der Waals surface area (Å²) in [5, 5.41) is 0. The fraction of sp³-hybridized carbons (Fsp3) is 0.176. The molecule has 0 fully saturated rings. The molecular formula is C17H18OSi. The molecule has 1 aliphatic heterocycles. The zero-order valence-electron chi connectivity index (χ0n) is 11.6. The van der Waals surface area contributed by atoms with Crippen molar-refractivity contribution >= 4 is 13.6 Å². The summed E-state index contributed by atoms with van der Waals surface area (Å²) in [6, 6.07) is 16.6. The third-order valence-electron chi connectivity index (χ3n) is 3.15. The van der Waals surface area contributed by atoms with Crippen LogP contribution in [0.2, 0.25) is 19.6 Å². The van der Waals surface area contributed by atoms with E-state index < -0.39 is 8.07 Å². The first kappa shape index (κ1) is 12.2. The Bertz CT molecular complexity index is 603. The summed E-state index contributed by atoms with van der Waals surface area (Å²) in [5.74, 6) is 1.93. The van der Waals surface area contributed by atoms with E-state index in [1.54, 1.807) is 0 Å². The lowest BCUT2D eigenvalue weighted by molar-refractivity contribution is 0.474. The lowest BCUT2D eigenvalue weighted by Gasteiger charge is -2.24. The van der Waals surface area contributed by atoms with Gasteiger partial charge in [-0.3, -0.25) is 0 Å². The van der Waals surface area contributed by atoms with Crippen LogP contribution in [0.5, 0.6) is 11.5 Å². The summed E-state index contributed by atoms with van der Waals surface area (Å²) in [6.45, 7) is 7.09. The molecule has 1 heterocycles. The molecule has 1 aliphatic rings. The third kappa shape index (κ3) is 2.36. The number of benzene rings is 2. The van der Waals surface area contributed by atoms with E-state index in [1.165, 1.54) is 16.7 Å². The van der Waals surface area contributed by atoms with Gasteiger partial charge >= 0.3 is 0 Å². The monoisotopic (exact) mass is 266 g/mol. The first-order valence-electron chi connectivity index (χ1n) is 6.64. The van der Waals surface area contributed by atoms with Crippen molar-refractivity contribution < 1.29 is 4.74 Å². The molecule has 0 N–H and O–H groups in total. The number of hydrogen-bond acceptors (Lipinski definition) is 1. The Morgan fingerprint density at radius 3 is 1.74 bits per heavy atom. The SMILES string of the molecule is C[Si](C)(C)C=C1c2ccccc2Oc2ccccc21. The second-order valence-corrected chi connectivity index (χ2v) is 11.0. The number of ether oxygens (including phenoxy) is 1. The van der Waals surface area contributed by atoms with Gasteiger partial charge in [0.1, 0.15) is 11.5 Å². The molecule has 0 saturated carbocycles. The molecule has 0 aromatic heterocycles. The van der Waals surface area contributed by atoms with Crippen LogP contribution in [0.3, 0.4) is 0 Å². The van der Waals surface area contributed by atoms with Crippen molar-refractivity contribution in [3.8, 4) is 11.5 Å². The van der Waals surface area contributed by atoms with Crippen molar-refractivity contribution in [1.82, 2.24) is 0 Å². The Balaban J connectivity index is 2.26. The first-order chi connectivity index (χ1) is 9.04. The highest BCUT2D eigenvalue weighted by molar-refractivity contribution is 6.81. The number of rotatable bonds is 1. The van der Waals surface area contributed by atoms with Crippen LogP contribution in [-0.4, -0.2) is 8.07 Å². The highest BCUT2D eigenvalue weighted by Crippen LogP contribution is 2.43. The molecule has 0 atom stereocenters. The molecule has 2 aromatic rings. The van der Waals surface area contributed by atoms with Gasteiger partial charge in [0.25, 0.3) is 0 Å². The molecular weight excluding hydrogens is 248 g/mol. The fourth-order valence-electron chi connectivity index (χ4n) is 2.41. The molecule has 0 aliphatic carbocycles. The number of fused-ring (bicyclic) bond motifs is 2. The van der Waals surface area contributed by atoms with E-state index in [4.69, 9.17) is 4.74 Å². The Kier molecular flexibility index (Phi) is 2.83. The minimum absolute atomic E-state index is 0.964. The van der Waals surface area contributed by atoms with Crippen molar-refractivity contribution in [2.75, 3.05) is 0 Å². The summed E-state index contributed by atoms with van der Waals surface area (Å²) in [6.07, 6.45) is 0. The lowest BCUT2D eigenvalue weighted by Crippen LogP contribution is -2.18. The van der Waals surface area contributed by atoms with E-state index >= 15 is 0 Å². The zero-order chi connectivity index (χ0) is 13.5. The van der Waals surface area contributed by atoms with Crippen molar-refractivity contribution in [1.29, 1.82) is 0 Å². The van der Waals surface area contributed by atoms with E-state index in [2.05, 4.69) is 49.6 Å². The summed E-state index contributed by atoms with van der Waals surface area (Å²) >= 11 is 0. The van der Waals surface area contributed by atoms with Crippen LogP contribution in [0.1, 0.15) is 11.1 Å². The van der Waals surface area contributed by atoms with E-state index in [-0.39, 0.29) is 0 Å². The Morgan fingerprint density at radius 2 is 1.26 bits per heavy atom. The van der Waals surface area contributed by atoms with E-state index in [1.807, 2.05) is 24.3 Å². The van der Waals surface area contributed by atoms with Gasteiger partial charge in [-0.05, 0) is 17.7 Å². The van der Waals surface area contributed by atoms with E-state index in [9.17, 15) is 0 Å². The quantitative estimate of drug-likeness (QED) is 0.557. The van der Waals surface area contributed by atoms with E-state index in [0.29, 0.717) is 0 Å². The maximum Gasteiger partial charge on any atom is 0.135 e. The minimum Gasteiger partial charge on any atom is -0.456 e. The second-order valence-electron chi connectivity index (χ2n) is 6.02. The van der Waals surface area contributed by atoms with Crippen LogP contribution in [0.4, 0.5) is 0 Å². The normalized spacial score (nSPS) is 13.3. The van der Waals surface area contributed by atoms with Crippen LogP contribution < -0.4 is 4.74 Å². The Labute approximate surface area is 115 Å². The van der Waals surface area contributed by atoms with Gasteiger partial charge in [-0.1, -0.05) is 61.7 Å². The van der Waals surface area contributed by atoms with Gasteiger partial charge in [-0.15, -0.1) is 0 Å². The average Bonchev–Trinajstić information content (AvgIpc) is 2.37. The molecule has 3 rings (SSSR count). The minimum atomic E-state index is -1.30. The first-order valence-corrected chi connectivity index (χ1v) is 10.2. The van der Waals surface area contributed by atoms with Gasteiger partial charge in [-0.2, -0.15) is 0 Å². The lowest BCUT2D eigenvalue weighted by atomic mass is 9.95. The molecule has 1 nitrogen and oxygen atoms in total. The largest absolute Gasteiger partial charge is 0.456 e. The van der Waals surface area contributed by atoms with E-state index in [0.717, 1.165) is 11.5 Å². The van der Waals surface area contributed by atoms with Crippen molar-refractivity contribution in [2.45, 2.75) is 19.6 Å². The van der Waals surface area contributed by atoms with Crippen LogP contribution in [-0.2, 0) is 0 Å². The third-order valence-corrected chi connectivity index (χ3v) is 4.31. The van der Waals surface area contributed by atoms with Gasteiger partial charge in [0.05, 0.1) is 8.07 Å². The van der Waals surface area contributed by atoms with Crippen LogP contribution in [0.25, 0.3) is 5.57 Å². The molecule has 19 heavy (non-hydrogen) atoms. The van der Waals surface area contributed by atoms with Crippen molar-refractivity contribution in [2.24, 2.45) is 0 Å². The highest BCUT2D eigenvalue weighted by Gasteiger charge is 2.23. The van der Waals surface area contributed by atoms with Crippen molar-refractivity contribution in [3.63, 3.8) is 0 Å². The summed E-state index contributed by atoms with van der Waals surface area (Å²) in [4.78, 5) is 0. The maximum atomic E-state index is 6.00. The smallest absolute Gasteiger partial charge is 0.135 e. The second kappa shape index (κ2) is 4.39. The van der Waals surface area contributed by atoms with Gasteiger partial charge in [-0.25, -0.2) is 0 Å². The molecule has 0 amide bonds. The van der Waals surface area contributed by atoms with Crippen molar-refractivity contribution in [3.05, 3.63) is 65.4 Å². The predicted octanol–water partition coefficient (Wildman–Crippen LogP) is 5.10. The Morgan fingerprint density at radius 1 is 0.789 bits per heavy atom. The average molecular weight is 266 g/mol. The molecule has 2 heteroatoms. The number of para-hydroxylation sites is 2. The summed E-state index contributed by atoms with van der Waals surface area (Å²) in [5.41, 5.74) is 6.22. The molecule has 0 bridgehead atoms. The fourth-order valence-corrected chi connectivity index (χ4v) is 3.59. The summed E-state index contributed by atoms with van der Waals surface area (Å²) in [7, 11) is -1.30. The molecule has 0 saturated heterocycles. The summed E-state index contributed by atoms with van der Waals surface area (Å²) < 4.78 is 6.00. The molecule has 96 valence electrons. The van der Waals surface area contributed by atoms with Gasteiger partial charge in [0.15, 0.2) is 0 Å². The van der Waals surface area contributed by atoms with Crippen LogP contribution >= 0.6 is 0 Å². The topological polar surface area (TPSA) is 9.23 Å². The van der Waals surface area contributed by atoms with Gasteiger partial charge < -0.3 is 4.74 Å². The molecule has 0 radical (unpaired) electrons. The van der Waals surface area contributed by atoms with Gasteiger partial charge in [0, 0.05) is 11.1 Å². The molecule has 0 spiro atoms. The predicted molar refractivity (Wildman–Crippen MR) is 83.4 cm³/mol. The van der Waals surface area contributed by atoms with Crippen LogP contribution in [0, 0.1) is 0 Å². The number of hydrogen-bond donors (Lipinski definition) is 0. The van der Waals surface area contributed by atoms with Gasteiger partial charge in [0.2, 0.25) is 0 Å². The standard InChI is InChI=1S/C17H18OSi/c1-19(2,3)12-15-13-8-4-6-10-16(13)18-17-11-7-5-9-14(15)17/h4-12H,1-3H3. The molecule has 2 aromatic carbocycles.